The van der Waals surface area contributed by atoms with Crippen LogP contribution in [-0.4, -0.2) is 26.7 Å². The van der Waals surface area contributed by atoms with Gasteiger partial charge >= 0.3 is 0 Å². The first-order valence-corrected chi connectivity index (χ1v) is 6.62. The van der Waals surface area contributed by atoms with E-state index in [0.29, 0.717) is 5.69 Å². The van der Waals surface area contributed by atoms with E-state index in [9.17, 15) is 4.79 Å². The van der Waals surface area contributed by atoms with Gasteiger partial charge in [0, 0.05) is 30.0 Å². The van der Waals surface area contributed by atoms with E-state index in [4.69, 9.17) is 5.11 Å². The molecule has 2 aromatic rings. The van der Waals surface area contributed by atoms with Crippen LogP contribution in [0.2, 0.25) is 0 Å². The Kier molecular flexibility index (Phi) is 4.24. The van der Waals surface area contributed by atoms with E-state index in [0.717, 1.165) is 10.1 Å². The molecule has 1 aromatic carbocycles. The van der Waals surface area contributed by atoms with Gasteiger partial charge in [0.15, 0.2) is 5.16 Å². The lowest BCUT2D eigenvalue weighted by Crippen LogP contribution is -2.24. The van der Waals surface area contributed by atoms with Crippen LogP contribution in [0.5, 0.6) is 0 Å². The second-order valence-corrected chi connectivity index (χ2v) is 5.15. The van der Waals surface area contributed by atoms with Gasteiger partial charge in [0.05, 0.1) is 0 Å². The summed E-state index contributed by atoms with van der Waals surface area (Å²) in [5.74, 6) is -0.412. The highest BCUT2D eigenvalue weighted by Gasteiger charge is 2.08. The van der Waals surface area contributed by atoms with Gasteiger partial charge in [-0.25, -0.2) is 4.98 Å². The van der Waals surface area contributed by atoms with E-state index >= 15 is 0 Å². The number of nitrogens with zero attached hydrogens (tertiary/aromatic N) is 2. The van der Waals surface area contributed by atoms with Crippen molar-refractivity contribution in [3.8, 4) is 0 Å². The number of hydrogen-bond donors (Lipinski definition) is 2. The highest BCUT2D eigenvalue weighted by Crippen LogP contribution is 2.26. The normalized spacial score (nSPS) is 12.2. The number of aromatic nitrogens is 2. The molecule has 0 radical (unpaired) electrons. The molecule has 0 fully saturated rings. The van der Waals surface area contributed by atoms with Gasteiger partial charge in [-0.2, -0.15) is 0 Å². The molecule has 1 atom stereocenters. The molecule has 0 aliphatic heterocycles. The van der Waals surface area contributed by atoms with E-state index < -0.39 is 12.0 Å². The molecule has 100 valence electrons. The summed E-state index contributed by atoms with van der Waals surface area (Å²) < 4.78 is 1.94. The third kappa shape index (κ3) is 3.59. The number of carbonyl (C=O) groups is 1. The molecule has 1 aromatic heterocycles. The van der Waals surface area contributed by atoms with Crippen molar-refractivity contribution in [1.82, 2.24) is 9.55 Å². The lowest BCUT2D eigenvalue weighted by atomic mass is 10.3. The lowest BCUT2D eigenvalue weighted by molar-refractivity contribution is -0.123. The second kappa shape index (κ2) is 5.90. The van der Waals surface area contributed by atoms with Crippen molar-refractivity contribution in [3.63, 3.8) is 0 Å². The highest BCUT2D eigenvalue weighted by atomic mass is 32.2. The summed E-state index contributed by atoms with van der Waals surface area (Å²) in [5.41, 5.74) is 0.662. The predicted octanol–water partition coefficient (Wildman–Crippen LogP) is 1.89. The first-order valence-electron chi connectivity index (χ1n) is 5.80. The largest absolute Gasteiger partial charge is 0.384 e. The van der Waals surface area contributed by atoms with Crippen LogP contribution in [0.3, 0.4) is 0 Å². The van der Waals surface area contributed by atoms with Crippen LogP contribution in [0.4, 0.5) is 5.69 Å². The van der Waals surface area contributed by atoms with Gasteiger partial charge in [-0.05, 0) is 31.2 Å². The van der Waals surface area contributed by atoms with Crippen LogP contribution in [0.15, 0.2) is 46.7 Å². The summed E-state index contributed by atoms with van der Waals surface area (Å²) in [7, 11) is 1.94. The summed E-state index contributed by atoms with van der Waals surface area (Å²) in [6.07, 6.45) is 2.63. The van der Waals surface area contributed by atoms with E-state index in [1.807, 2.05) is 29.9 Å². The molecule has 0 saturated heterocycles. The van der Waals surface area contributed by atoms with Crippen molar-refractivity contribution >= 4 is 23.4 Å². The second-order valence-electron chi connectivity index (χ2n) is 4.11. The highest BCUT2D eigenvalue weighted by molar-refractivity contribution is 7.99. The van der Waals surface area contributed by atoms with Crippen LogP contribution in [0, 0.1) is 0 Å². The number of aliphatic hydroxyl groups excluding tert-OH is 1. The minimum absolute atomic E-state index is 0.412. The average molecular weight is 277 g/mol. The minimum atomic E-state index is -1.01. The summed E-state index contributed by atoms with van der Waals surface area (Å²) in [6.45, 7) is 1.43. The first-order chi connectivity index (χ1) is 9.06. The molecular weight excluding hydrogens is 262 g/mol. The third-order valence-electron chi connectivity index (χ3n) is 2.49. The number of anilines is 1. The summed E-state index contributed by atoms with van der Waals surface area (Å²) >= 11 is 1.54. The molecule has 0 spiro atoms. The molecule has 1 unspecified atom stereocenters. The zero-order chi connectivity index (χ0) is 13.8. The van der Waals surface area contributed by atoms with Crippen molar-refractivity contribution < 1.29 is 9.90 Å². The zero-order valence-electron chi connectivity index (χ0n) is 10.7. The molecule has 0 aliphatic carbocycles. The molecule has 0 bridgehead atoms. The SMILES string of the molecule is CC(O)C(=O)Nc1ccc(Sc2nccn2C)cc1. The van der Waals surface area contributed by atoms with E-state index in [-0.39, 0.29) is 0 Å². The average Bonchev–Trinajstić information content (AvgIpc) is 2.77. The smallest absolute Gasteiger partial charge is 0.252 e. The Hall–Kier alpha value is -1.79. The van der Waals surface area contributed by atoms with Crippen LogP contribution in [0.25, 0.3) is 0 Å². The Morgan fingerprint density at radius 3 is 2.63 bits per heavy atom. The molecule has 2 N–H and O–H groups in total. The van der Waals surface area contributed by atoms with Crippen LogP contribution < -0.4 is 5.32 Å². The maximum absolute atomic E-state index is 11.3. The van der Waals surface area contributed by atoms with Crippen molar-refractivity contribution in [3.05, 3.63) is 36.7 Å². The number of aliphatic hydroxyl groups is 1. The number of rotatable bonds is 4. The molecule has 0 aliphatic rings. The fraction of sp³-hybridized carbons (Fsp3) is 0.231. The Balaban J connectivity index is 2.03. The van der Waals surface area contributed by atoms with Gasteiger partial charge in [0.1, 0.15) is 6.10 Å². The fourth-order valence-electron chi connectivity index (χ4n) is 1.41. The minimum Gasteiger partial charge on any atom is -0.384 e. The van der Waals surface area contributed by atoms with Gasteiger partial charge in [-0.3, -0.25) is 4.79 Å². The lowest BCUT2D eigenvalue weighted by Gasteiger charge is -2.07. The molecule has 2 rings (SSSR count). The van der Waals surface area contributed by atoms with Gasteiger partial charge in [0.25, 0.3) is 5.91 Å². The van der Waals surface area contributed by atoms with Crippen LogP contribution >= 0.6 is 11.8 Å². The number of hydrogen-bond acceptors (Lipinski definition) is 4. The Morgan fingerprint density at radius 2 is 2.11 bits per heavy atom. The number of aryl methyl sites for hydroxylation is 1. The maximum Gasteiger partial charge on any atom is 0.252 e. The standard InChI is InChI=1S/C13H15N3O2S/c1-9(17)12(18)15-10-3-5-11(6-4-10)19-13-14-7-8-16(13)2/h3-9,17H,1-2H3,(H,15,18). The molecule has 0 saturated carbocycles. The molecule has 1 amide bonds. The van der Waals surface area contributed by atoms with E-state index in [1.54, 1.807) is 30.1 Å². The van der Waals surface area contributed by atoms with Crippen LogP contribution in [0.1, 0.15) is 6.92 Å². The van der Waals surface area contributed by atoms with E-state index in [2.05, 4.69) is 10.3 Å². The molecular formula is C13H15N3O2S. The first kappa shape index (κ1) is 13.6. The molecule has 19 heavy (non-hydrogen) atoms. The number of nitrogens with one attached hydrogen (secondary N) is 1. The van der Waals surface area contributed by atoms with Crippen LogP contribution in [-0.2, 0) is 11.8 Å². The summed E-state index contributed by atoms with van der Waals surface area (Å²) in [4.78, 5) is 16.6. The zero-order valence-corrected chi connectivity index (χ0v) is 11.5. The Bertz CT molecular complexity index is 564. The van der Waals surface area contributed by atoms with Gasteiger partial charge in [-0.1, -0.05) is 11.8 Å². The quantitative estimate of drug-likeness (QED) is 0.895. The number of carbonyl (C=O) groups excluding carboxylic acids is 1. The number of imidazole rings is 1. The number of benzene rings is 1. The Labute approximate surface area is 115 Å². The van der Waals surface area contributed by atoms with Crippen molar-refractivity contribution in [2.75, 3.05) is 5.32 Å². The van der Waals surface area contributed by atoms with Gasteiger partial charge in [0.2, 0.25) is 0 Å². The van der Waals surface area contributed by atoms with E-state index in [1.165, 1.54) is 6.92 Å². The molecule has 1 heterocycles. The van der Waals surface area contributed by atoms with Crippen molar-refractivity contribution in [2.24, 2.45) is 7.05 Å². The third-order valence-corrected chi connectivity index (χ3v) is 3.57. The number of amides is 1. The fourth-order valence-corrected chi connectivity index (χ4v) is 2.21. The summed E-state index contributed by atoms with van der Waals surface area (Å²) in [6, 6.07) is 7.39. The maximum atomic E-state index is 11.3. The predicted molar refractivity (Wildman–Crippen MR) is 74.1 cm³/mol. The topological polar surface area (TPSA) is 67.2 Å². The molecule has 6 heteroatoms. The van der Waals surface area contributed by atoms with Gasteiger partial charge < -0.3 is 15.0 Å². The van der Waals surface area contributed by atoms with Crippen molar-refractivity contribution in [2.45, 2.75) is 23.1 Å². The Morgan fingerprint density at radius 1 is 1.42 bits per heavy atom. The van der Waals surface area contributed by atoms with Gasteiger partial charge in [-0.15, -0.1) is 0 Å². The molecule has 5 nitrogen and oxygen atoms in total. The summed E-state index contributed by atoms with van der Waals surface area (Å²) in [5, 5.41) is 12.6. The van der Waals surface area contributed by atoms with Crippen molar-refractivity contribution in [1.29, 1.82) is 0 Å². The monoisotopic (exact) mass is 277 g/mol.